The van der Waals surface area contributed by atoms with Gasteiger partial charge in [-0.3, -0.25) is 47.9 Å². The van der Waals surface area contributed by atoms with Crippen LogP contribution in [0.1, 0.15) is 93.6 Å². The third-order valence-corrected chi connectivity index (χ3v) is 11.9. The smallest absolute Gasteiger partial charge is 0.340 e. The van der Waals surface area contributed by atoms with Gasteiger partial charge in [-0.05, 0) is 59.7 Å². The number of esters is 11. The van der Waals surface area contributed by atoms with Gasteiger partial charge in [0.1, 0.15) is 62.4 Å². The first-order chi connectivity index (χ1) is 38.4. The molecule has 0 amide bonds. The summed E-state index contributed by atoms with van der Waals surface area (Å²) in [7, 11) is 0. The molecule has 0 radical (unpaired) electrons. The average molecular weight is 1130 g/mol. The van der Waals surface area contributed by atoms with E-state index in [4.69, 9.17) is 61.6 Å². The van der Waals surface area contributed by atoms with E-state index in [1.54, 1.807) is 36.4 Å². The molecule has 0 saturated heterocycles. The number of hydrogen-bond donors (Lipinski definition) is 0. The highest BCUT2D eigenvalue weighted by Crippen LogP contribution is 2.58. The summed E-state index contributed by atoms with van der Waals surface area (Å²) in [5, 5.41) is 0. The summed E-state index contributed by atoms with van der Waals surface area (Å²) < 4.78 is 69.4. The van der Waals surface area contributed by atoms with Crippen LogP contribution in [0.15, 0.2) is 72.8 Å². The highest BCUT2D eigenvalue weighted by Gasteiger charge is 2.56. The maximum Gasteiger partial charge on any atom is 0.340 e. The second-order valence-electron chi connectivity index (χ2n) is 18.1. The quantitative estimate of drug-likeness (QED) is 0.0298. The maximum absolute atomic E-state index is 14.6. The second kappa shape index (κ2) is 26.7. The summed E-state index contributed by atoms with van der Waals surface area (Å²) in [5.41, 5.74) is -0.911. The van der Waals surface area contributed by atoms with Crippen LogP contribution in [0.5, 0.6) is 23.0 Å². The Hall–Kier alpha value is -9.75. The van der Waals surface area contributed by atoms with Crippen molar-refractivity contribution in [1.82, 2.24) is 0 Å². The molecular formula is C55H56N2O24. The van der Waals surface area contributed by atoms with Crippen molar-refractivity contribution in [2.45, 2.75) is 66.4 Å². The molecule has 4 aromatic rings. The number of anilines is 2. The van der Waals surface area contributed by atoms with Crippen molar-refractivity contribution < 1.29 is 114 Å². The maximum atomic E-state index is 14.6. The first-order valence-electron chi connectivity index (χ1n) is 24.5. The Morgan fingerprint density at radius 2 is 0.827 bits per heavy atom. The van der Waals surface area contributed by atoms with E-state index in [0.717, 1.165) is 32.6 Å². The van der Waals surface area contributed by atoms with E-state index in [9.17, 15) is 52.7 Å². The third kappa shape index (κ3) is 15.5. The SMILES string of the molecule is CC(=O)OCOC(=O)CN(CC(=O)OCOC(C)=O)c1ccccc1OCCOc1cc2c(cc1N(CC(=O)OCOC(C)=O)CC(=O)OCOC(C)=O)C1(OC2=O)c2ccc(OC(C)=O)cc2C(C)(C)c2cc(OC(C)=O)ccc21. The molecular weight excluding hydrogens is 1070 g/mol. The van der Waals surface area contributed by atoms with Crippen molar-refractivity contribution in [2.24, 2.45) is 0 Å². The summed E-state index contributed by atoms with van der Waals surface area (Å²) in [6.45, 7) is 3.95. The van der Waals surface area contributed by atoms with Crippen molar-refractivity contribution >= 4 is 77.0 Å². The average Bonchev–Trinajstić information content (AvgIpc) is 3.76. The van der Waals surface area contributed by atoms with Crippen LogP contribution in [0.4, 0.5) is 11.4 Å². The van der Waals surface area contributed by atoms with E-state index in [2.05, 4.69) is 0 Å². The van der Waals surface area contributed by atoms with E-state index in [0.29, 0.717) is 22.3 Å². The van der Waals surface area contributed by atoms with Gasteiger partial charge < -0.3 is 71.4 Å². The Morgan fingerprint density at radius 1 is 0.432 bits per heavy atom. The summed E-state index contributed by atoms with van der Waals surface area (Å²) in [4.78, 5) is 140. The zero-order valence-electron chi connectivity index (χ0n) is 45.2. The van der Waals surface area contributed by atoms with E-state index in [1.807, 2.05) is 13.8 Å². The van der Waals surface area contributed by atoms with Gasteiger partial charge in [-0.2, -0.15) is 0 Å². The van der Waals surface area contributed by atoms with Gasteiger partial charge in [0.15, 0.2) is 5.60 Å². The number of fused-ring (bicyclic) bond motifs is 6. The van der Waals surface area contributed by atoms with Gasteiger partial charge in [-0.1, -0.05) is 38.1 Å². The van der Waals surface area contributed by atoms with Gasteiger partial charge in [0.25, 0.3) is 0 Å². The van der Waals surface area contributed by atoms with E-state index < -0.39 is 130 Å². The monoisotopic (exact) mass is 1130 g/mol. The highest BCUT2D eigenvalue weighted by molar-refractivity contribution is 5.99. The number of hydrogen-bond acceptors (Lipinski definition) is 26. The van der Waals surface area contributed by atoms with Gasteiger partial charge in [0, 0.05) is 63.6 Å². The summed E-state index contributed by atoms with van der Waals surface area (Å²) in [6, 6.07) is 18.4. The lowest BCUT2D eigenvalue weighted by atomic mass is 9.61. The molecule has 0 fully saturated rings. The first kappa shape index (κ1) is 60.5. The molecule has 0 bridgehead atoms. The summed E-state index contributed by atoms with van der Waals surface area (Å²) in [5.74, 6) is -8.87. The molecule has 0 N–H and O–H groups in total. The zero-order chi connectivity index (χ0) is 59.2. The molecule has 430 valence electrons. The van der Waals surface area contributed by atoms with Gasteiger partial charge in [0.05, 0.1) is 16.9 Å². The lowest BCUT2D eigenvalue weighted by Crippen LogP contribution is -2.41. The minimum Gasteiger partial charge on any atom is -0.488 e. The minimum absolute atomic E-state index is 0.0697. The fraction of sp³-hybridized carbons (Fsp3) is 0.364. The number of carbonyl (C=O) groups excluding carboxylic acids is 11. The second-order valence-corrected chi connectivity index (χ2v) is 18.1. The Kier molecular flexibility index (Phi) is 20.0. The fourth-order valence-corrected chi connectivity index (χ4v) is 8.60. The van der Waals surface area contributed by atoms with Crippen molar-refractivity contribution in [2.75, 3.05) is 76.4 Å². The molecule has 6 rings (SSSR count). The number of para-hydroxylation sites is 2. The lowest BCUT2D eigenvalue weighted by molar-refractivity contribution is -0.167. The number of benzene rings is 4. The van der Waals surface area contributed by atoms with Crippen molar-refractivity contribution in [3.8, 4) is 23.0 Å². The summed E-state index contributed by atoms with van der Waals surface area (Å²) in [6.07, 6.45) is 0. The highest BCUT2D eigenvalue weighted by atomic mass is 16.7. The standard InChI is InChI=1S/C55H56N2O24/c1-31(58)71-27-75-49(64)23-56(24-50(65)76-28-72-32(2)59)45-11-9-10-12-47(45)69-17-18-70-48-21-39-42(22-46(48)57(25-51(66)77-29-73-33(3)60)26-52(67)78-30-74-34(4)61)55(81-53(39)68)40-15-13-37(79-35(5)62)19-43(40)54(7,8)44-20-38(80-36(6)63)14-16-41(44)55/h9-16,19-22H,17-18,23-30H2,1-8H3. The first-order valence-corrected chi connectivity index (χ1v) is 24.5. The van der Waals surface area contributed by atoms with Gasteiger partial charge in [-0.25, -0.2) is 4.79 Å². The molecule has 0 aromatic heterocycles. The Morgan fingerprint density at radius 3 is 1.23 bits per heavy atom. The molecule has 4 aromatic carbocycles. The number of ether oxygens (including phenoxy) is 13. The van der Waals surface area contributed by atoms with Crippen LogP contribution in [0.25, 0.3) is 0 Å². The number of nitrogens with zero attached hydrogens (tertiary/aromatic N) is 2. The van der Waals surface area contributed by atoms with Crippen LogP contribution in [0, 0.1) is 0 Å². The zero-order valence-corrected chi connectivity index (χ0v) is 45.2. The molecule has 1 spiro atoms. The van der Waals surface area contributed by atoms with Gasteiger partial charge in [0.2, 0.25) is 27.2 Å². The predicted octanol–water partition coefficient (Wildman–Crippen LogP) is 3.96. The minimum atomic E-state index is -1.86. The van der Waals surface area contributed by atoms with Crippen molar-refractivity contribution in [3.05, 3.63) is 106 Å². The molecule has 0 unspecified atom stereocenters. The Bertz CT molecular complexity index is 2990. The Balaban J connectivity index is 1.46. The molecule has 81 heavy (non-hydrogen) atoms. The molecule has 2 aliphatic rings. The van der Waals surface area contributed by atoms with Crippen molar-refractivity contribution in [3.63, 3.8) is 0 Å². The summed E-state index contributed by atoms with van der Waals surface area (Å²) >= 11 is 0. The molecule has 0 atom stereocenters. The van der Waals surface area contributed by atoms with Gasteiger partial charge >= 0.3 is 65.7 Å². The van der Waals surface area contributed by atoms with Crippen molar-refractivity contribution in [1.29, 1.82) is 0 Å². The predicted molar refractivity (Wildman–Crippen MR) is 272 cm³/mol. The molecule has 26 heteroatoms. The normalized spacial score (nSPS) is 12.8. The van der Waals surface area contributed by atoms with Crippen LogP contribution in [-0.4, -0.2) is 132 Å². The molecule has 0 saturated carbocycles. The van der Waals surface area contributed by atoms with Crippen LogP contribution in [0.2, 0.25) is 0 Å². The molecule has 1 aliphatic heterocycles. The van der Waals surface area contributed by atoms with E-state index in [-0.39, 0.29) is 58.7 Å². The molecule has 1 aliphatic carbocycles. The molecule has 26 nitrogen and oxygen atoms in total. The van der Waals surface area contributed by atoms with E-state index in [1.165, 1.54) is 55.1 Å². The third-order valence-electron chi connectivity index (χ3n) is 11.9. The van der Waals surface area contributed by atoms with E-state index >= 15 is 0 Å². The van der Waals surface area contributed by atoms with Gasteiger partial charge in [-0.15, -0.1) is 0 Å². The molecule has 1 heterocycles. The number of rotatable bonds is 25. The van der Waals surface area contributed by atoms with Crippen LogP contribution >= 0.6 is 0 Å². The van der Waals surface area contributed by atoms with Crippen LogP contribution in [-0.2, 0) is 102 Å². The fourth-order valence-electron chi connectivity index (χ4n) is 8.60. The lowest BCUT2D eigenvalue weighted by Gasteiger charge is -2.44. The van der Waals surface area contributed by atoms with Crippen LogP contribution in [0.3, 0.4) is 0 Å². The Labute approximate surface area is 462 Å². The number of carbonyl (C=O) groups is 11. The topological polar surface area (TPSA) is 314 Å². The van der Waals surface area contributed by atoms with Crippen LogP contribution < -0.4 is 28.7 Å². The largest absolute Gasteiger partial charge is 0.488 e.